The van der Waals surface area contributed by atoms with E-state index in [9.17, 15) is 8.78 Å². The fourth-order valence-electron chi connectivity index (χ4n) is 1.99. The second kappa shape index (κ2) is 7.08. The topological polar surface area (TPSA) is 47.0 Å². The van der Waals surface area contributed by atoms with Crippen LogP contribution in [-0.4, -0.2) is 23.9 Å². The molecule has 0 aliphatic rings. The van der Waals surface area contributed by atoms with Gasteiger partial charge in [0.25, 0.3) is 0 Å². The standard InChI is InChI=1S/C15H17F2N3O/c1-3-8-18-15(11-9-10(16)4-5-12(11)17)13-6-7-14(21-2)20-19-13/h4-7,9,15,18H,3,8H2,1-2H3. The molecule has 1 atom stereocenters. The zero-order valence-electron chi connectivity index (χ0n) is 11.9. The molecule has 2 rings (SSSR count). The number of rotatable bonds is 6. The van der Waals surface area contributed by atoms with Crippen molar-refractivity contribution in [3.63, 3.8) is 0 Å². The van der Waals surface area contributed by atoms with Crippen molar-refractivity contribution in [2.45, 2.75) is 19.4 Å². The lowest BCUT2D eigenvalue weighted by Crippen LogP contribution is -2.25. The fourth-order valence-corrected chi connectivity index (χ4v) is 1.99. The molecule has 1 aromatic heterocycles. The Labute approximate surface area is 122 Å². The molecule has 0 aliphatic heterocycles. The summed E-state index contributed by atoms with van der Waals surface area (Å²) in [5.74, 6) is -0.605. The summed E-state index contributed by atoms with van der Waals surface area (Å²) in [7, 11) is 1.49. The lowest BCUT2D eigenvalue weighted by molar-refractivity contribution is 0.390. The van der Waals surface area contributed by atoms with Gasteiger partial charge in [0.2, 0.25) is 5.88 Å². The minimum Gasteiger partial charge on any atom is -0.480 e. The first kappa shape index (κ1) is 15.3. The predicted octanol–water partition coefficient (Wildman–Crippen LogP) is 2.85. The highest BCUT2D eigenvalue weighted by Crippen LogP contribution is 2.24. The van der Waals surface area contributed by atoms with E-state index < -0.39 is 17.7 Å². The molecule has 0 spiro atoms. The predicted molar refractivity (Wildman–Crippen MR) is 75.1 cm³/mol. The summed E-state index contributed by atoms with van der Waals surface area (Å²) >= 11 is 0. The zero-order chi connectivity index (χ0) is 15.2. The van der Waals surface area contributed by atoms with Crippen LogP contribution < -0.4 is 10.1 Å². The molecule has 0 saturated heterocycles. The Morgan fingerprint density at radius 2 is 2.00 bits per heavy atom. The number of nitrogens with zero attached hydrogens (tertiary/aromatic N) is 2. The molecule has 0 amide bonds. The number of aromatic nitrogens is 2. The minimum absolute atomic E-state index is 0.211. The first-order valence-electron chi connectivity index (χ1n) is 6.71. The molecule has 6 heteroatoms. The van der Waals surface area contributed by atoms with Gasteiger partial charge in [-0.1, -0.05) is 6.92 Å². The molecule has 0 bridgehead atoms. The highest BCUT2D eigenvalue weighted by molar-refractivity contribution is 5.30. The van der Waals surface area contributed by atoms with E-state index in [4.69, 9.17) is 4.74 Å². The normalized spacial score (nSPS) is 12.2. The molecule has 4 nitrogen and oxygen atoms in total. The van der Waals surface area contributed by atoms with Crippen LogP contribution in [0.15, 0.2) is 30.3 Å². The molecule has 0 radical (unpaired) electrons. The second-order valence-corrected chi connectivity index (χ2v) is 4.55. The highest BCUT2D eigenvalue weighted by Gasteiger charge is 2.20. The van der Waals surface area contributed by atoms with E-state index in [1.165, 1.54) is 13.2 Å². The smallest absolute Gasteiger partial charge is 0.233 e. The summed E-state index contributed by atoms with van der Waals surface area (Å²) in [5.41, 5.74) is 0.719. The van der Waals surface area contributed by atoms with Crippen LogP contribution in [0.5, 0.6) is 5.88 Å². The Balaban J connectivity index is 2.38. The molecule has 1 aromatic carbocycles. The number of methoxy groups -OCH3 is 1. The van der Waals surface area contributed by atoms with Crippen molar-refractivity contribution in [2.75, 3.05) is 13.7 Å². The number of ether oxygens (including phenoxy) is 1. The van der Waals surface area contributed by atoms with Gasteiger partial charge in [0.05, 0.1) is 18.8 Å². The number of hydrogen-bond acceptors (Lipinski definition) is 4. The Hall–Kier alpha value is -2.08. The van der Waals surface area contributed by atoms with Gasteiger partial charge in [-0.15, -0.1) is 10.2 Å². The summed E-state index contributed by atoms with van der Waals surface area (Å²) in [6.45, 7) is 2.64. The SMILES string of the molecule is CCCNC(c1ccc(OC)nn1)c1cc(F)ccc1F. The van der Waals surface area contributed by atoms with Crippen LogP contribution in [0, 0.1) is 11.6 Å². The Morgan fingerprint density at radius 3 is 2.62 bits per heavy atom. The van der Waals surface area contributed by atoms with Crippen LogP contribution in [0.3, 0.4) is 0 Å². The van der Waals surface area contributed by atoms with Crippen molar-refractivity contribution in [1.82, 2.24) is 15.5 Å². The van der Waals surface area contributed by atoms with Crippen LogP contribution in [0.4, 0.5) is 8.78 Å². The van der Waals surface area contributed by atoms with E-state index in [0.717, 1.165) is 18.6 Å². The van der Waals surface area contributed by atoms with Gasteiger partial charge >= 0.3 is 0 Å². The van der Waals surface area contributed by atoms with Crippen molar-refractivity contribution in [3.05, 3.63) is 53.2 Å². The second-order valence-electron chi connectivity index (χ2n) is 4.55. The summed E-state index contributed by atoms with van der Waals surface area (Å²) in [4.78, 5) is 0. The van der Waals surface area contributed by atoms with Crippen molar-refractivity contribution in [3.8, 4) is 5.88 Å². The summed E-state index contributed by atoms with van der Waals surface area (Å²) in [6, 6.07) is 6.15. The molecular formula is C15H17F2N3O. The third kappa shape index (κ3) is 3.72. The highest BCUT2D eigenvalue weighted by atomic mass is 19.1. The van der Waals surface area contributed by atoms with Gasteiger partial charge in [0, 0.05) is 11.6 Å². The number of hydrogen-bond donors (Lipinski definition) is 1. The van der Waals surface area contributed by atoms with Crippen molar-refractivity contribution < 1.29 is 13.5 Å². The maximum atomic E-state index is 14.0. The van der Waals surface area contributed by atoms with Crippen LogP contribution in [0.1, 0.15) is 30.6 Å². The molecule has 21 heavy (non-hydrogen) atoms. The van der Waals surface area contributed by atoms with Gasteiger partial charge in [0.15, 0.2) is 0 Å². The quantitative estimate of drug-likeness (QED) is 0.889. The molecule has 2 aromatic rings. The minimum atomic E-state index is -0.556. The van der Waals surface area contributed by atoms with E-state index >= 15 is 0 Å². The maximum absolute atomic E-state index is 14.0. The van der Waals surface area contributed by atoms with Crippen molar-refractivity contribution in [2.24, 2.45) is 0 Å². The maximum Gasteiger partial charge on any atom is 0.233 e. The van der Waals surface area contributed by atoms with Gasteiger partial charge in [-0.2, -0.15) is 0 Å². The third-order valence-corrected chi connectivity index (χ3v) is 3.03. The van der Waals surface area contributed by atoms with Crippen LogP contribution >= 0.6 is 0 Å². The van der Waals surface area contributed by atoms with Gasteiger partial charge in [-0.3, -0.25) is 0 Å². The molecule has 1 unspecified atom stereocenters. The number of benzene rings is 1. The molecule has 0 saturated carbocycles. The van der Waals surface area contributed by atoms with Gasteiger partial charge < -0.3 is 10.1 Å². The van der Waals surface area contributed by atoms with Crippen LogP contribution in [0.25, 0.3) is 0 Å². The molecule has 0 fully saturated rings. The molecule has 0 aliphatic carbocycles. The van der Waals surface area contributed by atoms with Crippen LogP contribution in [-0.2, 0) is 0 Å². The Morgan fingerprint density at radius 1 is 1.19 bits per heavy atom. The largest absolute Gasteiger partial charge is 0.480 e. The Bertz CT molecular complexity index is 590. The molecule has 1 heterocycles. The lowest BCUT2D eigenvalue weighted by Gasteiger charge is -2.19. The summed E-state index contributed by atoms with van der Waals surface area (Å²) in [6.07, 6.45) is 0.858. The van der Waals surface area contributed by atoms with E-state index in [1.807, 2.05) is 6.92 Å². The van der Waals surface area contributed by atoms with Crippen molar-refractivity contribution >= 4 is 0 Å². The summed E-state index contributed by atoms with van der Waals surface area (Å²) in [5, 5.41) is 11.1. The fraction of sp³-hybridized carbons (Fsp3) is 0.333. The van der Waals surface area contributed by atoms with Gasteiger partial charge in [0.1, 0.15) is 11.6 Å². The van der Waals surface area contributed by atoms with Crippen molar-refractivity contribution in [1.29, 1.82) is 0 Å². The third-order valence-electron chi connectivity index (χ3n) is 3.03. The van der Waals surface area contributed by atoms with Gasteiger partial charge in [-0.05, 0) is 37.2 Å². The number of halogens is 2. The first-order chi connectivity index (χ1) is 10.2. The summed E-state index contributed by atoms with van der Waals surface area (Å²) < 4.78 is 32.4. The molecule has 1 N–H and O–H groups in total. The van der Waals surface area contributed by atoms with E-state index in [1.54, 1.807) is 12.1 Å². The van der Waals surface area contributed by atoms with E-state index in [2.05, 4.69) is 15.5 Å². The zero-order valence-corrected chi connectivity index (χ0v) is 11.9. The monoisotopic (exact) mass is 293 g/mol. The lowest BCUT2D eigenvalue weighted by atomic mass is 10.0. The molecular weight excluding hydrogens is 276 g/mol. The van der Waals surface area contributed by atoms with E-state index in [0.29, 0.717) is 18.1 Å². The first-order valence-corrected chi connectivity index (χ1v) is 6.71. The average molecular weight is 293 g/mol. The average Bonchev–Trinajstić information content (AvgIpc) is 2.51. The van der Waals surface area contributed by atoms with Gasteiger partial charge in [-0.25, -0.2) is 8.78 Å². The Kier molecular flexibility index (Phi) is 5.16. The molecule has 112 valence electrons. The van der Waals surface area contributed by atoms with Crippen LogP contribution in [0.2, 0.25) is 0 Å². The van der Waals surface area contributed by atoms with E-state index in [-0.39, 0.29) is 5.56 Å². The number of nitrogens with one attached hydrogen (secondary N) is 1.